The molecule has 2 aliphatic rings. The number of thiophene rings is 1. The number of hydrogen-bond acceptors (Lipinski definition) is 4. The van der Waals surface area contributed by atoms with E-state index in [1.54, 1.807) is 0 Å². The van der Waals surface area contributed by atoms with Crippen LogP contribution in [0.25, 0.3) is 0 Å². The summed E-state index contributed by atoms with van der Waals surface area (Å²) in [5.74, 6) is 0.768. The van der Waals surface area contributed by atoms with Gasteiger partial charge in [-0.1, -0.05) is 56.7 Å². The number of rotatable bonds is 6. The molecule has 1 aromatic heterocycles. The van der Waals surface area contributed by atoms with Gasteiger partial charge in [-0.2, -0.15) is 0 Å². The first kappa shape index (κ1) is 21.1. The minimum absolute atomic E-state index is 0.110. The summed E-state index contributed by atoms with van der Waals surface area (Å²) in [6.45, 7) is 6.50. The highest BCUT2D eigenvalue weighted by Crippen LogP contribution is 2.35. The van der Waals surface area contributed by atoms with E-state index in [-0.39, 0.29) is 23.5 Å². The van der Waals surface area contributed by atoms with Crippen LogP contribution in [0, 0.1) is 5.92 Å². The van der Waals surface area contributed by atoms with Crippen LogP contribution in [0.5, 0.6) is 0 Å². The van der Waals surface area contributed by atoms with Crippen molar-refractivity contribution < 1.29 is 9.59 Å². The van der Waals surface area contributed by atoms with Gasteiger partial charge in [-0.05, 0) is 29.3 Å². The number of amides is 2. The Balaban J connectivity index is 1.50. The minimum Gasteiger partial charge on any atom is -0.338 e. The summed E-state index contributed by atoms with van der Waals surface area (Å²) in [5.41, 5.74) is 0.834. The summed E-state index contributed by atoms with van der Waals surface area (Å²) in [6.07, 6.45) is 3.30. The molecule has 1 aromatic carbocycles. The number of carbonyl (C=O) groups excluding carboxylic acids is 2. The average molecular weight is 426 g/mol. The average Bonchev–Trinajstić information content (AvgIpc) is 3.39. The van der Waals surface area contributed by atoms with Crippen LogP contribution in [-0.4, -0.2) is 53.0 Å². The van der Waals surface area contributed by atoms with Crippen LogP contribution >= 0.6 is 11.3 Å². The molecule has 2 saturated heterocycles. The normalized spacial score (nSPS) is 21.9. The van der Waals surface area contributed by atoms with Crippen molar-refractivity contribution in [3.63, 3.8) is 0 Å². The Morgan fingerprint density at radius 2 is 1.93 bits per heavy atom. The zero-order valence-corrected chi connectivity index (χ0v) is 18.7. The third kappa shape index (κ3) is 4.16. The molecule has 6 heteroatoms. The molecule has 2 aromatic rings. The molecule has 0 saturated carbocycles. The molecule has 3 heterocycles. The molecule has 30 heavy (non-hydrogen) atoms. The fraction of sp³-hybridized carbons (Fsp3) is 0.500. The number of hydrogen-bond donors (Lipinski definition) is 1. The van der Waals surface area contributed by atoms with Crippen LogP contribution in [0.15, 0.2) is 47.8 Å². The summed E-state index contributed by atoms with van der Waals surface area (Å²) in [4.78, 5) is 31.0. The van der Waals surface area contributed by atoms with Gasteiger partial charge >= 0.3 is 0 Å². The van der Waals surface area contributed by atoms with Crippen molar-refractivity contribution in [1.82, 2.24) is 15.1 Å². The zero-order chi connectivity index (χ0) is 21.1. The van der Waals surface area contributed by atoms with Crippen molar-refractivity contribution in [3.05, 3.63) is 58.3 Å². The Hall–Kier alpha value is -2.18. The second-order valence-corrected chi connectivity index (χ2v) is 9.60. The molecule has 4 rings (SSSR count). The number of likely N-dealkylation sites (tertiary alicyclic amines) is 1. The predicted molar refractivity (Wildman–Crippen MR) is 120 cm³/mol. The van der Waals surface area contributed by atoms with Gasteiger partial charge in [0.25, 0.3) is 5.91 Å². The largest absolute Gasteiger partial charge is 0.338 e. The van der Waals surface area contributed by atoms with E-state index in [1.807, 2.05) is 40.6 Å². The quantitative estimate of drug-likeness (QED) is 0.767. The summed E-state index contributed by atoms with van der Waals surface area (Å²) < 4.78 is 0. The SMILES string of the molecule is CC[C@@H](C)CN1C(=O)[C@H](Cc2ccccc2)NC12CCN(C(=O)c1cccs1)CC2. The van der Waals surface area contributed by atoms with Crippen molar-refractivity contribution in [3.8, 4) is 0 Å². The number of carbonyl (C=O) groups is 2. The van der Waals surface area contributed by atoms with Crippen LogP contribution in [0.4, 0.5) is 0 Å². The number of benzene rings is 1. The lowest BCUT2D eigenvalue weighted by Gasteiger charge is -2.45. The van der Waals surface area contributed by atoms with E-state index in [1.165, 1.54) is 16.9 Å². The van der Waals surface area contributed by atoms with Gasteiger partial charge in [0.1, 0.15) is 0 Å². The molecule has 0 bridgehead atoms. The standard InChI is InChI=1S/C24H31N3O2S/c1-3-18(2)17-27-22(28)20(16-19-8-5-4-6-9-19)25-24(27)11-13-26(14-12-24)23(29)21-10-7-15-30-21/h4-10,15,18,20,25H,3,11-14,16-17H2,1-2H3/t18-,20+/m1/s1. The topological polar surface area (TPSA) is 52.7 Å². The smallest absolute Gasteiger partial charge is 0.263 e. The number of nitrogens with one attached hydrogen (secondary N) is 1. The fourth-order valence-corrected chi connectivity index (χ4v) is 5.30. The summed E-state index contributed by atoms with van der Waals surface area (Å²) in [6, 6.07) is 13.8. The molecule has 5 nitrogen and oxygen atoms in total. The van der Waals surface area contributed by atoms with Crippen molar-refractivity contribution in [2.75, 3.05) is 19.6 Å². The highest BCUT2D eigenvalue weighted by molar-refractivity contribution is 7.12. The molecule has 2 atom stereocenters. The molecule has 2 aliphatic heterocycles. The minimum atomic E-state index is -0.341. The molecule has 1 spiro atoms. The van der Waals surface area contributed by atoms with Gasteiger partial charge in [0.05, 0.1) is 16.6 Å². The first-order chi connectivity index (χ1) is 14.5. The van der Waals surface area contributed by atoms with Gasteiger partial charge in [-0.25, -0.2) is 0 Å². The van der Waals surface area contributed by atoms with E-state index in [0.29, 0.717) is 25.4 Å². The molecular weight excluding hydrogens is 394 g/mol. The van der Waals surface area contributed by atoms with E-state index >= 15 is 0 Å². The lowest BCUT2D eigenvalue weighted by Crippen LogP contribution is -2.60. The van der Waals surface area contributed by atoms with E-state index in [0.717, 1.165) is 30.7 Å². The molecule has 0 radical (unpaired) electrons. The highest BCUT2D eigenvalue weighted by atomic mass is 32.1. The number of piperidine rings is 1. The van der Waals surface area contributed by atoms with Crippen LogP contribution in [0.2, 0.25) is 0 Å². The Labute approximate surface area is 183 Å². The van der Waals surface area contributed by atoms with Gasteiger partial charge in [-0.3, -0.25) is 14.9 Å². The van der Waals surface area contributed by atoms with Crippen LogP contribution < -0.4 is 5.32 Å². The van der Waals surface area contributed by atoms with Gasteiger partial charge in [0.2, 0.25) is 5.91 Å². The highest BCUT2D eigenvalue weighted by Gasteiger charge is 2.51. The maximum atomic E-state index is 13.4. The van der Waals surface area contributed by atoms with E-state index in [4.69, 9.17) is 0 Å². The fourth-order valence-electron chi connectivity index (χ4n) is 4.61. The van der Waals surface area contributed by atoms with E-state index in [9.17, 15) is 9.59 Å². The first-order valence-electron chi connectivity index (χ1n) is 11.0. The van der Waals surface area contributed by atoms with Gasteiger partial charge in [-0.15, -0.1) is 11.3 Å². The van der Waals surface area contributed by atoms with Crippen LogP contribution in [0.3, 0.4) is 0 Å². The van der Waals surface area contributed by atoms with Crippen LogP contribution in [0.1, 0.15) is 48.3 Å². The lowest BCUT2D eigenvalue weighted by atomic mass is 9.94. The Morgan fingerprint density at radius 1 is 1.20 bits per heavy atom. The van der Waals surface area contributed by atoms with E-state index in [2.05, 4.69) is 36.2 Å². The molecule has 1 N–H and O–H groups in total. The second kappa shape index (κ2) is 8.90. The molecular formula is C24H31N3O2S. The monoisotopic (exact) mass is 425 g/mol. The van der Waals surface area contributed by atoms with Gasteiger partial charge in [0.15, 0.2) is 0 Å². The van der Waals surface area contributed by atoms with E-state index < -0.39 is 0 Å². The third-order valence-corrected chi connectivity index (χ3v) is 7.47. The maximum absolute atomic E-state index is 13.4. The van der Waals surface area contributed by atoms with Gasteiger partial charge in [0, 0.05) is 32.5 Å². The summed E-state index contributed by atoms with van der Waals surface area (Å²) in [5, 5.41) is 5.66. The Bertz CT molecular complexity index is 860. The third-order valence-electron chi connectivity index (χ3n) is 6.61. The van der Waals surface area contributed by atoms with Crippen LogP contribution in [-0.2, 0) is 11.2 Å². The predicted octanol–water partition coefficient (Wildman–Crippen LogP) is 3.77. The van der Waals surface area contributed by atoms with Crippen molar-refractivity contribution in [1.29, 1.82) is 0 Å². The molecule has 0 aliphatic carbocycles. The maximum Gasteiger partial charge on any atom is 0.263 e. The summed E-state index contributed by atoms with van der Waals surface area (Å²) >= 11 is 1.49. The molecule has 2 fully saturated rings. The first-order valence-corrected chi connectivity index (χ1v) is 11.9. The second-order valence-electron chi connectivity index (χ2n) is 8.65. The molecule has 2 amide bonds. The molecule has 0 unspecified atom stereocenters. The summed E-state index contributed by atoms with van der Waals surface area (Å²) in [7, 11) is 0. The van der Waals surface area contributed by atoms with Crippen molar-refractivity contribution >= 4 is 23.2 Å². The van der Waals surface area contributed by atoms with Crippen molar-refractivity contribution in [2.45, 2.75) is 51.2 Å². The molecule has 160 valence electrons. The zero-order valence-electron chi connectivity index (χ0n) is 17.8. The van der Waals surface area contributed by atoms with Gasteiger partial charge < -0.3 is 9.80 Å². The Kier molecular flexibility index (Phi) is 6.25. The Morgan fingerprint density at radius 3 is 2.57 bits per heavy atom. The number of nitrogens with zero attached hydrogens (tertiary/aromatic N) is 2. The lowest BCUT2D eigenvalue weighted by molar-refractivity contribution is -0.134. The van der Waals surface area contributed by atoms with Crippen molar-refractivity contribution in [2.24, 2.45) is 5.92 Å².